The van der Waals surface area contributed by atoms with Crippen LogP contribution in [-0.2, 0) is 14.2 Å². The summed E-state index contributed by atoms with van der Waals surface area (Å²) in [6.07, 6.45) is 6.67. The Bertz CT molecular complexity index is 217. The first kappa shape index (κ1) is 20.8. The van der Waals surface area contributed by atoms with Gasteiger partial charge in [0, 0.05) is 7.11 Å². The molecule has 1 aliphatic rings. The van der Waals surface area contributed by atoms with Gasteiger partial charge in [-0.25, -0.2) is 0 Å². The van der Waals surface area contributed by atoms with Crippen LogP contribution in [0.2, 0.25) is 0 Å². The minimum Gasteiger partial charge on any atom is -0.394 e. The van der Waals surface area contributed by atoms with Crippen LogP contribution in [0.3, 0.4) is 0 Å². The average Bonchev–Trinajstić information content (AvgIpc) is 2.51. The molecule has 0 bridgehead atoms. The SMILES string of the molecule is CC(O)COC(C)COC(C)CO.COC1CCCCC1. The molecule has 0 radical (unpaired) electrons. The lowest BCUT2D eigenvalue weighted by Gasteiger charge is -2.19. The van der Waals surface area contributed by atoms with E-state index in [2.05, 4.69) is 0 Å². The van der Waals surface area contributed by atoms with Crippen LogP contribution in [0, 0.1) is 0 Å². The Kier molecular flexibility index (Phi) is 13.3. The fourth-order valence-electron chi connectivity index (χ4n) is 2.00. The highest BCUT2D eigenvalue weighted by Gasteiger charge is 2.10. The lowest BCUT2D eigenvalue weighted by molar-refractivity contribution is -0.0620. The van der Waals surface area contributed by atoms with Crippen LogP contribution in [0.5, 0.6) is 0 Å². The third-order valence-electron chi connectivity index (χ3n) is 3.38. The summed E-state index contributed by atoms with van der Waals surface area (Å²) in [6, 6.07) is 0. The zero-order valence-corrected chi connectivity index (χ0v) is 14.1. The van der Waals surface area contributed by atoms with Gasteiger partial charge >= 0.3 is 0 Å². The number of hydrogen-bond donors (Lipinski definition) is 2. The van der Waals surface area contributed by atoms with Crippen molar-refractivity contribution in [1.82, 2.24) is 0 Å². The molecule has 1 fully saturated rings. The number of aliphatic hydroxyl groups excluding tert-OH is 2. The van der Waals surface area contributed by atoms with E-state index in [0.29, 0.717) is 19.3 Å². The fourth-order valence-corrected chi connectivity index (χ4v) is 2.00. The summed E-state index contributed by atoms with van der Waals surface area (Å²) < 4.78 is 15.7. The van der Waals surface area contributed by atoms with Crippen LogP contribution in [0.25, 0.3) is 0 Å². The van der Waals surface area contributed by atoms with E-state index in [0.717, 1.165) is 0 Å². The molecule has 5 nitrogen and oxygen atoms in total. The molecule has 0 aromatic rings. The second kappa shape index (κ2) is 13.5. The van der Waals surface area contributed by atoms with Crippen LogP contribution in [0.4, 0.5) is 0 Å². The monoisotopic (exact) mass is 306 g/mol. The molecule has 128 valence electrons. The number of ether oxygens (including phenoxy) is 3. The molecular weight excluding hydrogens is 272 g/mol. The Morgan fingerprint density at radius 3 is 1.95 bits per heavy atom. The van der Waals surface area contributed by atoms with E-state index in [1.807, 2.05) is 14.0 Å². The Morgan fingerprint density at radius 1 is 0.952 bits per heavy atom. The summed E-state index contributed by atoms with van der Waals surface area (Å²) in [5.74, 6) is 0. The Labute approximate surface area is 129 Å². The van der Waals surface area contributed by atoms with E-state index < -0.39 is 6.10 Å². The predicted molar refractivity (Wildman–Crippen MR) is 83.5 cm³/mol. The van der Waals surface area contributed by atoms with Crippen molar-refractivity contribution in [2.24, 2.45) is 0 Å². The molecule has 21 heavy (non-hydrogen) atoms. The Hall–Kier alpha value is -0.200. The van der Waals surface area contributed by atoms with Crippen molar-refractivity contribution in [2.45, 2.75) is 77.3 Å². The lowest BCUT2D eigenvalue weighted by Crippen LogP contribution is -2.24. The first-order chi connectivity index (χ1) is 9.99. The van der Waals surface area contributed by atoms with Gasteiger partial charge in [-0.1, -0.05) is 19.3 Å². The summed E-state index contributed by atoms with van der Waals surface area (Å²) in [4.78, 5) is 0. The van der Waals surface area contributed by atoms with E-state index in [9.17, 15) is 0 Å². The topological polar surface area (TPSA) is 68.2 Å². The van der Waals surface area contributed by atoms with Crippen molar-refractivity contribution in [3.05, 3.63) is 0 Å². The van der Waals surface area contributed by atoms with Crippen molar-refractivity contribution < 1.29 is 24.4 Å². The van der Waals surface area contributed by atoms with E-state index >= 15 is 0 Å². The zero-order valence-electron chi connectivity index (χ0n) is 14.1. The number of rotatable bonds is 8. The maximum atomic E-state index is 8.92. The van der Waals surface area contributed by atoms with E-state index in [1.165, 1.54) is 32.1 Å². The van der Waals surface area contributed by atoms with Gasteiger partial charge in [0.15, 0.2) is 0 Å². The van der Waals surface area contributed by atoms with Crippen molar-refractivity contribution in [3.8, 4) is 0 Å². The third-order valence-corrected chi connectivity index (χ3v) is 3.38. The van der Waals surface area contributed by atoms with Crippen LogP contribution in [-0.4, -0.2) is 61.6 Å². The molecule has 1 aliphatic carbocycles. The van der Waals surface area contributed by atoms with Gasteiger partial charge in [-0.2, -0.15) is 0 Å². The van der Waals surface area contributed by atoms with Crippen LogP contribution in [0.15, 0.2) is 0 Å². The molecule has 0 spiro atoms. The molecule has 0 saturated heterocycles. The molecule has 1 rings (SSSR count). The molecule has 3 atom stereocenters. The average molecular weight is 306 g/mol. The predicted octanol–water partition coefficient (Wildman–Crippen LogP) is 2.14. The second-order valence-corrected chi connectivity index (χ2v) is 5.82. The number of methoxy groups -OCH3 is 1. The molecule has 0 aromatic heterocycles. The highest BCUT2D eigenvalue weighted by atomic mass is 16.5. The van der Waals surface area contributed by atoms with Crippen molar-refractivity contribution in [2.75, 3.05) is 26.9 Å². The first-order valence-electron chi connectivity index (χ1n) is 8.04. The summed E-state index contributed by atoms with van der Waals surface area (Å²) >= 11 is 0. The van der Waals surface area contributed by atoms with Gasteiger partial charge in [-0.05, 0) is 33.6 Å². The van der Waals surface area contributed by atoms with Crippen molar-refractivity contribution in [3.63, 3.8) is 0 Å². The number of aliphatic hydroxyl groups is 2. The smallest absolute Gasteiger partial charge is 0.0781 e. The van der Waals surface area contributed by atoms with Crippen molar-refractivity contribution >= 4 is 0 Å². The van der Waals surface area contributed by atoms with Gasteiger partial charge in [0.2, 0.25) is 0 Å². The normalized spacial score (nSPS) is 20.3. The molecule has 1 saturated carbocycles. The maximum absolute atomic E-state index is 8.92. The molecule has 5 heteroatoms. The molecule has 0 aromatic carbocycles. The highest BCUT2D eigenvalue weighted by molar-refractivity contribution is 4.63. The van der Waals surface area contributed by atoms with Gasteiger partial charge in [-0.15, -0.1) is 0 Å². The van der Waals surface area contributed by atoms with E-state index in [1.54, 1.807) is 13.8 Å². The summed E-state index contributed by atoms with van der Waals surface area (Å²) in [6.45, 7) is 6.10. The largest absolute Gasteiger partial charge is 0.394 e. The van der Waals surface area contributed by atoms with Crippen LogP contribution >= 0.6 is 0 Å². The van der Waals surface area contributed by atoms with E-state index in [-0.39, 0.29) is 18.8 Å². The molecule has 0 heterocycles. The third kappa shape index (κ3) is 13.2. The molecular formula is C16H34O5. The molecule has 0 aliphatic heterocycles. The lowest BCUT2D eigenvalue weighted by atomic mass is 9.98. The molecule has 0 amide bonds. The van der Waals surface area contributed by atoms with Gasteiger partial charge in [-0.3, -0.25) is 0 Å². The summed E-state index contributed by atoms with van der Waals surface area (Å²) in [7, 11) is 1.82. The van der Waals surface area contributed by atoms with Gasteiger partial charge < -0.3 is 24.4 Å². The maximum Gasteiger partial charge on any atom is 0.0781 e. The Balaban J connectivity index is 0.000000423. The van der Waals surface area contributed by atoms with Crippen molar-refractivity contribution in [1.29, 1.82) is 0 Å². The highest BCUT2D eigenvalue weighted by Crippen LogP contribution is 2.18. The summed E-state index contributed by atoms with van der Waals surface area (Å²) in [5.41, 5.74) is 0. The molecule has 2 N–H and O–H groups in total. The van der Waals surface area contributed by atoms with Gasteiger partial charge in [0.05, 0.1) is 44.2 Å². The number of hydrogen-bond acceptors (Lipinski definition) is 5. The van der Waals surface area contributed by atoms with Gasteiger partial charge in [0.1, 0.15) is 0 Å². The molecule has 3 unspecified atom stereocenters. The minimum atomic E-state index is -0.447. The fraction of sp³-hybridized carbons (Fsp3) is 1.00. The zero-order chi connectivity index (χ0) is 16.1. The van der Waals surface area contributed by atoms with E-state index in [4.69, 9.17) is 24.4 Å². The standard InChI is InChI=1S/C9H20O4.C7H14O/c1-7(11)5-12-9(3)6-13-8(2)4-10;1-8-7-5-3-2-4-6-7/h7-11H,4-6H2,1-3H3;7H,2-6H2,1H3. The van der Waals surface area contributed by atoms with Crippen LogP contribution < -0.4 is 0 Å². The minimum absolute atomic E-state index is 0.0170. The first-order valence-corrected chi connectivity index (χ1v) is 8.04. The quantitative estimate of drug-likeness (QED) is 0.719. The Morgan fingerprint density at radius 2 is 1.52 bits per heavy atom. The van der Waals surface area contributed by atoms with Crippen LogP contribution in [0.1, 0.15) is 52.9 Å². The second-order valence-electron chi connectivity index (χ2n) is 5.82. The van der Waals surface area contributed by atoms with Gasteiger partial charge in [0.25, 0.3) is 0 Å². The summed E-state index contributed by atoms with van der Waals surface area (Å²) in [5, 5.41) is 17.6.